The number of thioether (sulfide) groups is 1. The summed E-state index contributed by atoms with van der Waals surface area (Å²) in [6.45, 7) is 2.12. The molecule has 0 aliphatic heterocycles. The van der Waals surface area contributed by atoms with Crippen molar-refractivity contribution in [3.05, 3.63) is 65.9 Å². The first-order chi connectivity index (χ1) is 14.3. The van der Waals surface area contributed by atoms with E-state index in [1.165, 1.54) is 30.0 Å². The Bertz CT molecular complexity index is 1150. The van der Waals surface area contributed by atoms with E-state index in [1.54, 1.807) is 6.20 Å². The highest BCUT2D eigenvalue weighted by Gasteiger charge is 2.27. The van der Waals surface area contributed by atoms with Crippen molar-refractivity contribution in [3.8, 4) is 0 Å². The number of aryl methyl sites for hydroxylation is 1. The minimum Gasteiger partial charge on any atom is -0.349 e. The molecule has 7 nitrogen and oxygen atoms in total. The lowest BCUT2D eigenvalue weighted by Gasteiger charge is -2.18. The summed E-state index contributed by atoms with van der Waals surface area (Å²) >= 11 is 1.49. The van der Waals surface area contributed by atoms with E-state index in [9.17, 15) is 17.6 Å². The molecular weight excluding hydrogens is 427 g/mol. The molecule has 0 saturated carbocycles. The van der Waals surface area contributed by atoms with Crippen molar-refractivity contribution in [3.63, 3.8) is 0 Å². The van der Waals surface area contributed by atoms with E-state index in [2.05, 4.69) is 15.0 Å². The van der Waals surface area contributed by atoms with Gasteiger partial charge in [0.15, 0.2) is 0 Å². The third kappa shape index (κ3) is 5.38. The molecule has 2 heterocycles. The number of carbonyl (C=O) groups excluding carboxylic acids is 1. The molecule has 1 unspecified atom stereocenters. The Kier molecular flexibility index (Phi) is 7.11. The molecule has 0 fully saturated rings. The van der Waals surface area contributed by atoms with E-state index >= 15 is 0 Å². The Morgan fingerprint density at radius 3 is 2.80 bits per heavy atom. The molecule has 3 aromatic rings. The quantitative estimate of drug-likeness (QED) is 0.523. The predicted octanol–water partition coefficient (Wildman–Crippen LogP) is 2.50. The second-order valence-electron chi connectivity index (χ2n) is 6.81. The monoisotopic (exact) mass is 450 g/mol. The second-order valence-corrected chi connectivity index (χ2v) is 9.47. The topological polar surface area (TPSA) is 92.6 Å². The van der Waals surface area contributed by atoms with Gasteiger partial charge in [0.2, 0.25) is 15.9 Å². The van der Waals surface area contributed by atoms with Crippen LogP contribution in [0.5, 0.6) is 0 Å². The molecule has 1 atom stereocenters. The molecule has 0 saturated heterocycles. The molecule has 10 heteroatoms. The average Bonchev–Trinajstić information content (AvgIpc) is 3.11. The van der Waals surface area contributed by atoms with Gasteiger partial charge in [-0.05, 0) is 55.2 Å². The van der Waals surface area contributed by atoms with Crippen LogP contribution in [0.15, 0.2) is 53.7 Å². The summed E-state index contributed by atoms with van der Waals surface area (Å²) in [5.74, 6) is -0.794. The highest BCUT2D eigenvalue weighted by Crippen LogP contribution is 2.15. The van der Waals surface area contributed by atoms with Crippen LogP contribution in [0.1, 0.15) is 17.7 Å². The number of benzene rings is 1. The number of fused-ring (bicyclic) bond motifs is 1. The first-order valence-electron chi connectivity index (χ1n) is 9.28. The zero-order valence-corrected chi connectivity index (χ0v) is 18.3. The van der Waals surface area contributed by atoms with Crippen LogP contribution in [0.3, 0.4) is 0 Å². The van der Waals surface area contributed by atoms with Gasteiger partial charge in [0, 0.05) is 12.4 Å². The van der Waals surface area contributed by atoms with Crippen LogP contribution >= 0.6 is 11.8 Å². The summed E-state index contributed by atoms with van der Waals surface area (Å²) in [4.78, 5) is 16.7. The van der Waals surface area contributed by atoms with Crippen molar-refractivity contribution in [1.29, 1.82) is 0 Å². The van der Waals surface area contributed by atoms with E-state index in [-0.39, 0.29) is 13.0 Å². The fourth-order valence-corrected chi connectivity index (χ4v) is 4.70. The predicted molar refractivity (Wildman–Crippen MR) is 115 cm³/mol. The number of amides is 1. The maximum atomic E-state index is 14.0. The number of nitrogens with zero attached hydrogens (tertiary/aromatic N) is 2. The van der Waals surface area contributed by atoms with Gasteiger partial charge < -0.3 is 9.72 Å². The van der Waals surface area contributed by atoms with Crippen molar-refractivity contribution in [2.24, 2.45) is 0 Å². The van der Waals surface area contributed by atoms with Crippen LogP contribution in [0, 0.1) is 12.7 Å². The van der Waals surface area contributed by atoms with E-state index in [1.807, 2.05) is 35.9 Å². The SMILES string of the molecule is CSCCC(NS(=O)(=O)c1ccccc1F)C(=O)NCc1cn2ccc(C)cc2n1. The summed E-state index contributed by atoms with van der Waals surface area (Å²) < 4.78 is 43.3. The highest BCUT2D eigenvalue weighted by molar-refractivity contribution is 7.98. The first-order valence-corrected chi connectivity index (χ1v) is 12.2. The first kappa shape index (κ1) is 22.3. The average molecular weight is 451 g/mol. The van der Waals surface area contributed by atoms with Crippen LogP contribution in [-0.2, 0) is 21.4 Å². The van der Waals surface area contributed by atoms with Gasteiger partial charge in [0.1, 0.15) is 22.4 Å². The third-order valence-corrected chi connectivity index (χ3v) is 6.61. The lowest BCUT2D eigenvalue weighted by molar-refractivity contribution is -0.122. The van der Waals surface area contributed by atoms with Crippen LogP contribution in [0.2, 0.25) is 0 Å². The number of rotatable bonds is 9. The summed E-state index contributed by atoms with van der Waals surface area (Å²) in [6, 6.07) is 7.92. The minimum atomic E-state index is -4.19. The molecule has 0 radical (unpaired) electrons. The van der Waals surface area contributed by atoms with Crippen LogP contribution in [0.4, 0.5) is 4.39 Å². The van der Waals surface area contributed by atoms with Gasteiger partial charge in [0.05, 0.1) is 12.2 Å². The fourth-order valence-electron chi connectivity index (χ4n) is 2.91. The third-order valence-electron chi connectivity index (χ3n) is 4.46. The van der Waals surface area contributed by atoms with E-state index < -0.39 is 32.7 Å². The van der Waals surface area contributed by atoms with Crippen LogP contribution < -0.4 is 10.0 Å². The van der Waals surface area contributed by atoms with Crippen molar-refractivity contribution in [2.45, 2.75) is 30.8 Å². The second kappa shape index (κ2) is 9.59. The van der Waals surface area contributed by atoms with Crippen LogP contribution in [0.25, 0.3) is 5.65 Å². The molecule has 2 aromatic heterocycles. The van der Waals surface area contributed by atoms with Gasteiger partial charge in [-0.2, -0.15) is 16.5 Å². The minimum absolute atomic E-state index is 0.150. The number of imidazole rings is 1. The van der Waals surface area contributed by atoms with E-state index in [0.29, 0.717) is 11.4 Å². The lowest BCUT2D eigenvalue weighted by atomic mass is 10.2. The smallest absolute Gasteiger partial charge is 0.244 e. The Balaban J connectivity index is 1.72. The Hall–Kier alpha value is -2.43. The maximum absolute atomic E-state index is 14.0. The number of sulfonamides is 1. The Morgan fingerprint density at radius 2 is 2.07 bits per heavy atom. The van der Waals surface area contributed by atoms with Crippen molar-refractivity contribution in [2.75, 3.05) is 12.0 Å². The molecule has 1 aromatic carbocycles. The highest BCUT2D eigenvalue weighted by atomic mass is 32.2. The number of pyridine rings is 1. The molecule has 0 aliphatic rings. The normalized spacial score (nSPS) is 12.8. The van der Waals surface area contributed by atoms with Crippen molar-refractivity contribution in [1.82, 2.24) is 19.4 Å². The fraction of sp³-hybridized carbons (Fsp3) is 0.300. The van der Waals surface area contributed by atoms with E-state index in [4.69, 9.17) is 0 Å². The summed E-state index contributed by atoms with van der Waals surface area (Å²) in [7, 11) is -4.19. The largest absolute Gasteiger partial charge is 0.349 e. The number of halogens is 1. The molecule has 160 valence electrons. The van der Waals surface area contributed by atoms with Gasteiger partial charge in [0.25, 0.3) is 0 Å². The molecule has 1 amide bonds. The Labute approximate surface area is 179 Å². The molecule has 30 heavy (non-hydrogen) atoms. The number of nitrogens with one attached hydrogen (secondary N) is 2. The van der Waals surface area contributed by atoms with Crippen LogP contribution in [-0.4, -0.2) is 41.8 Å². The molecule has 3 rings (SSSR count). The Morgan fingerprint density at radius 1 is 1.30 bits per heavy atom. The lowest BCUT2D eigenvalue weighted by Crippen LogP contribution is -2.47. The molecule has 0 bridgehead atoms. The van der Waals surface area contributed by atoms with Gasteiger partial charge in [-0.25, -0.2) is 17.8 Å². The maximum Gasteiger partial charge on any atom is 0.244 e. The molecule has 2 N–H and O–H groups in total. The zero-order chi connectivity index (χ0) is 21.7. The summed E-state index contributed by atoms with van der Waals surface area (Å²) in [6.07, 6.45) is 5.81. The molecule has 0 aliphatic carbocycles. The molecular formula is C20H23FN4O3S2. The summed E-state index contributed by atoms with van der Waals surface area (Å²) in [5.41, 5.74) is 2.48. The molecule has 0 spiro atoms. The van der Waals surface area contributed by atoms with Crippen molar-refractivity contribution >= 4 is 33.3 Å². The van der Waals surface area contributed by atoms with Crippen molar-refractivity contribution < 1.29 is 17.6 Å². The zero-order valence-electron chi connectivity index (χ0n) is 16.6. The van der Waals surface area contributed by atoms with Gasteiger partial charge >= 0.3 is 0 Å². The number of carbonyl (C=O) groups is 1. The van der Waals surface area contributed by atoms with Gasteiger partial charge in [-0.15, -0.1) is 0 Å². The number of hydrogen-bond acceptors (Lipinski definition) is 5. The van der Waals surface area contributed by atoms with E-state index in [0.717, 1.165) is 17.3 Å². The standard InChI is InChI=1S/C20H23FN4O3S2/c1-14-7-9-25-13-15(23-19(25)11-14)12-22-20(26)17(8-10-29-2)24-30(27,28)18-6-4-3-5-16(18)21/h3-7,9,11,13,17,24H,8,10,12H2,1-2H3,(H,22,26). The number of hydrogen-bond donors (Lipinski definition) is 2. The summed E-state index contributed by atoms with van der Waals surface area (Å²) in [5, 5.41) is 2.73. The van der Waals surface area contributed by atoms with Gasteiger partial charge in [-0.3, -0.25) is 4.79 Å². The van der Waals surface area contributed by atoms with Gasteiger partial charge in [-0.1, -0.05) is 12.1 Å². The number of aromatic nitrogens is 2.